The highest BCUT2D eigenvalue weighted by atomic mass is 16.5. The van der Waals surface area contributed by atoms with Gasteiger partial charge < -0.3 is 15.0 Å². The van der Waals surface area contributed by atoms with Gasteiger partial charge in [-0.25, -0.2) is 0 Å². The number of likely N-dealkylation sites (N-methyl/N-ethyl adjacent to an activating group) is 1. The molecule has 1 aliphatic heterocycles. The largest absolute Gasteiger partial charge is 0.483 e. The molecule has 140 valence electrons. The molecule has 1 fully saturated rings. The Labute approximate surface area is 160 Å². The molecular formula is C23H27N3O. The minimum atomic E-state index is 0.0635. The first kappa shape index (κ1) is 16.8. The third kappa shape index (κ3) is 3.03. The number of piperidine rings is 1. The van der Waals surface area contributed by atoms with Crippen LogP contribution in [-0.4, -0.2) is 42.1 Å². The zero-order valence-electron chi connectivity index (χ0n) is 15.8. The SMILES string of the molecule is CN(C1CCCNC1)[C@@H]1Cc2ccccc2[C@H]1Oc1cccc2[nH]ccc12. The summed E-state index contributed by atoms with van der Waals surface area (Å²) in [6.45, 7) is 2.22. The molecule has 1 aliphatic carbocycles. The van der Waals surface area contributed by atoms with Crippen molar-refractivity contribution in [2.75, 3.05) is 20.1 Å². The van der Waals surface area contributed by atoms with E-state index in [1.54, 1.807) is 0 Å². The van der Waals surface area contributed by atoms with Gasteiger partial charge >= 0.3 is 0 Å². The third-order valence-electron chi connectivity index (χ3n) is 6.32. The maximum atomic E-state index is 6.72. The third-order valence-corrected chi connectivity index (χ3v) is 6.32. The molecule has 3 atom stereocenters. The Kier molecular flexibility index (Phi) is 4.38. The molecule has 4 heteroatoms. The lowest BCUT2D eigenvalue weighted by Gasteiger charge is -2.38. The Balaban J connectivity index is 1.48. The Morgan fingerprint density at radius 1 is 1.07 bits per heavy atom. The van der Waals surface area contributed by atoms with Crippen molar-refractivity contribution in [2.24, 2.45) is 0 Å². The molecule has 4 nitrogen and oxygen atoms in total. The predicted molar refractivity (Wildman–Crippen MR) is 109 cm³/mol. The molecule has 1 aromatic heterocycles. The predicted octanol–water partition coefficient (Wildman–Crippen LogP) is 3.90. The molecule has 1 unspecified atom stereocenters. The van der Waals surface area contributed by atoms with Crippen molar-refractivity contribution >= 4 is 10.9 Å². The first-order valence-corrected chi connectivity index (χ1v) is 10.0. The van der Waals surface area contributed by atoms with Gasteiger partial charge in [0, 0.05) is 29.7 Å². The van der Waals surface area contributed by atoms with E-state index in [1.165, 1.54) is 24.0 Å². The second-order valence-electron chi connectivity index (χ2n) is 7.87. The summed E-state index contributed by atoms with van der Waals surface area (Å²) < 4.78 is 6.72. The van der Waals surface area contributed by atoms with Crippen molar-refractivity contribution in [2.45, 2.75) is 37.5 Å². The fourth-order valence-electron chi connectivity index (χ4n) is 4.78. The molecule has 1 saturated heterocycles. The Morgan fingerprint density at radius 3 is 2.89 bits per heavy atom. The van der Waals surface area contributed by atoms with E-state index >= 15 is 0 Å². The van der Waals surface area contributed by atoms with Gasteiger partial charge in [-0.15, -0.1) is 0 Å². The molecule has 2 aromatic carbocycles. The van der Waals surface area contributed by atoms with Crippen LogP contribution >= 0.6 is 0 Å². The monoisotopic (exact) mass is 361 g/mol. The van der Waals surface area contributed by atoms with E-state index in [4.69, 9.17) is 4.74 Å². The smallest absolute Gasteiger partial charge is 0.140 e. The fraction of sp³-hybridized carbons (Fsp3) is 0.391. The summed E-state index contributed by atoms with van der Waals surface area (Å²) in [6.07, 6.45) is 5.61. The molecule has 2 heterocycles. The summed E-state index contributed by atoms with van der Waals surface area (Å²) in [6, 6.07) is 18.1. The van der Waals surface area contributed by atoms with E-state index < -0.39 is 0 Å². The average molecular weight is 361 g/mol. The van der Waals surface area contributed by atoms with Crippen LogP contribution in [0.4, 0.5) is 0 Å². The number of hydrogen-bond acceptors (Lipinski definition) is 3. The van der Waals surface area contributed by atoms with E-state index in [9.17, 15) is 0 Å². The van der Waals surface area contributed by atoms with E-state index in [2.05, 4.69) is 70.8 Å². The summed E-state index contributed by atoms with van der Waals surface area (Å²) in [5.41, 5.74) is 3.88. The van der Waals surface area contributed by atoms with Crippen LogP contribution in [0.3, 0.4) is 0 Å². The zero-order chi connectivity index (χ0) is 18.2. The summed E-state index contributed by atoms with van der Waals surface area (Å²) >= 11 is 0. The molecule has 0 spiro atoms. The van der Waals surface area contributed by atoms with Gasteiger partial charge in [0.2, 0.25) is 0 Å². The van der Waals surface area contributed by atoms with Crippen LogP contribution in [0, 0.1) is 0 Å². The molecule has 27 heavy (non-hydrogen) atoms. The number of nitrogens with one attached hydrogen (secondary N) is 2. The molecule has 0 amide bonds. The normalized spacial score (nSPS) is 25.0. The van der Waals surface area contributed by atoms with Crippen LogP contribution < -0.4 is 10.1 Å². The highest BCUT2D eigenvalue weighted by Crippen LogP contribution is 2.40. The topological polar surface area (TPSA) is 40.3 Å². The lowest BCUT2D eigenvalue weighted by Crippen LogP contribution is -2.50. The van der Waals surface area contributed by atoms with Crippen molar-refractivity contribution in [1.82, 2.24) is 15.2 Å². The molecular weight excluding hydrogens is 334 g/mol. The number of nitrogens with zero attached hydrogens (tertiary/aromatic N) is 1. The van der Waals surface area contributed by atoms with Crippen molar-refractivity contribution < 1.29 is 4.74 Å². The number of aromatic amines is 1. The highest BCUT2D eigenvalue weighted by Gasteiger charge is 2.39. The van der Waals surface area contributed by atoms with Crippen LogP contribution in [0.5, 0.6) is 5.75 Å². The fourth-order valence-corrected chi connectivity index (χ4v) is 4.78. The van der Waals surface area contributed by atoms with Crippen LogP contribution in [0.15, 0.2) is 54.7 Å². The van der Waals surface area contributed by atoms with Gasteiger partial charge in [0.1, 0.15) is 11.9 Å². The van der Waals surface area contributed by atoms with Gasteiger partial charge in [0.15, 0.2) is 0 Å². The summed E-state index contributed by atoms with van der Waals surface area (Å²) in [5, 5.41) is 4.71. The molecule has 0 bridgehead atoms. The van der Waals surface area contributed by atoms with Crippen molar-refractivity contribution in [3.63, 3.8) is 0 Å². The number of hydrogen-bond donors (Lipinski definition) is 2. The summed E-state index contributed by atoms with van der Waals surface area (Å²) in [4.78, 5) is 5.85. The van der Waals surface area contributed by atoms with E-state index in [1.807, 2.05) is 6.20 Å². The Hall–Kier alpha value is -2.30. The Bertz CT molecular complexity index is 928. The second-order valence-corrected chi connectivity index (χ2v) is 7.87. The van der Waals surface area contributed by atoms with Gasteiger partial charge in [-0.05, 0) is 62.2 Å². The van der Waals surface area contributed by atoms with Gasteiger partial charge in [0.25, 0.3) is 0 Å². The summed E-state index contributed by atoms with van der Waals surface area (Å²) in [5.74, 6) is 0.968. The number of H-pyrrole nitrogens is 1. The molecule has 3 aromatic rings. The van der Waals surface area contributed by atoms with E-state index in [0.717, 1.165) is 36.2 Å². The van der Waals surface area contributed by atoms with E-state index in [-0.39, 0.29) is 6.10 Å². The number of fused-ring (bicyclic) bond motifs is 2. The molecule has 2 N–H and O–H groups in total. The molecule has 0 saturated carbocycles. The maximum absolute atomic E-state index is 6.72. The minimum Gasteiger partial charge on any atom is -0.483 e. The maximum Gasteiger partial charge on any atom is 0.140 e. The van der Waals surface area contributed by atoms with Crippen LogP contribution in [0.1, 0.15) is 30.1 Å². The quantitative estimate of drug-likeness (QED) is 0.740. The molecule has 0 radical (unpaired) electrons. The van der Waals surface area contributed by atoms with Crippen molar-refractivity contribution in [3.8, 4) is 5.75 Å². The number of ether oxygens (including phenoxy) is 1. The molecule has 2 aliphatic rings. The van der Waals surface area contributed by atoms with Crippen molar-refractivity contribution in [1.29, 1.82) is 0 Å². The second kappa shape index (κ2) is 7.02. The first-order chi connectivity index (χ1) is 13.3. The highest BCUT2D eigenvalue weighted by molar-refractivity contribution is 5.85. The average Bonchev–Trinajstić information content (AvgIpc) is 3.34. The lowest BCUT2D eigenvalue weighted by molar-refractivity contribution is 0.0598. The van der Waals surface area contributed by atoms with E-state index in [0.29, 0.717) is 12.1 Å². The zero-order valence-corrected chi connectivity index (χ0v) is 15.8. The van der Waals surface area contributed by atoms with Gasteiger partial charge in [0.05, 0.1) is 6.04 Å². The van der Waals surface area contributed by atoms with Gasteiger partial charge in [-0.2, -0.15) is 0 Å². The minimum absolute atomic E-state index is 0.0635. The number of aromatic nitrogens is 1. The van der Waals surface area contributed by atoms with Crippen LogP contribution in [0.2, 0.25) is 0 Å². The number of rotatable bonds is 4. The van der Waals surface area contributed by atoms with Gasteiger partial charge in [-0.1, -0.05) is 30.3 Å². The summed E-state index contributed by atoms with van der Waals surface area (Å²) in [7, 11) is 2.28. The van der Waals surface area contributed by atoms with Crippen LogP contribution in [-0.2, 0) is 6.42 Å². The number of benzene rings is 2. The molecule has 5 rings (SSSR count). The van der Waals surface area contributed by atoms with Crippen molar-refractivity contribution in [3.05, 3.63) is 65.9 Å². The standard InChI is InChI=1S/C23H27N3O/c1-26(17-7-5-12-24-15-17)21-14-16-6-2-3-8-18(16)23(21)27-22-10-4-9-20-19(22)11-13-25-20/h2-4,6,8-11,13,17,21,23-25H,5,7,12,14-15H2,1H3/t17?,21-,23-/m1/s1. The van der Waals surface area contributed by atoms with Gasteiger partial charge in [-0.3, -0.25) is 4.90 Å². The first-order valence-electron chi connectivity index (χ1n) is 10.0. The Morgan fingerprint density at radius 2 is 2.00 bits per heavy atom. The lowest BCUT2D eigenvalue weighted by atomic mass is 10.0. The van der Waals surface area contributed by atoms with Crippen LogP contribution in [0.25, 0.3) is 10.9 Å².